The van der Waals surface area contributed by atoms with Gasteiger partial charge < -0.3 is 10.5 Å². The monoisotopic (exact) mass is 300 g/mol. The van der Waals surface area contributed by atoms with Crippen LogP contribution in [0.25, 0.3) is 11.4 Å². The molecule has 2 aromatic rings. The number of rotatable bonds is 3. The maximum Gasteiger partial charge on any atom is 0.416 e. The lowest BCUT2D eigenvalue weighted by Gasteiger charge is -2.08. The summed E-state index contributed by atoms with van der Waals surface area (Å²) in [5.74, 6) is -0.836. The first-order valence-electron chi connectivity index (χ1n) is 5.89. The van der Waals surface area contributed by atoms with E-state index in [9.17, 15) is 18.0 Å². The number of carbonyl (C=O) groups excluding carboxylic acids is 1. The van der Waals surface area contributed by atoms with E-state index in [0.29, 0.717) is 0 Å². The maximum atomic E-state index is 12.5. The molecule has 0 fully saturated rings. The Bertz CT molecular complexity index is 667. The lowest BCUT2D eigenvalue weighted by Crippen LogP contribution is -2.07. The number of benzene rings is 1. The van der Waals surface area contributed by atoms with Gasteiger partial charge in [0, 0.05) is 11.3 Å². The summed E-state index contributed by atoms with van der Waals surface area (Å²) in [4.78, 5) is 15.3. The first-order valence-corrected chi connectivity index (χ1v) is 5.89. The van der Waals surface area contributed by atoms with Crippen LogP contribution in [-0.2, 0) is 10.9 Å². The summed E-state index contributed by atoms with van der Waals surface area (Å²) in [6.07, 6.45) is -4.48. The second-order valence-electron chi connectivity index (χ2n) is 4.03. The first-order chi connectivity index (χ1) is 9.82. The maximum absolute atomic E-state index is 12.5. The lowest BCUT2D eigenvalue weighted by molar-refractivity contribution is -0.137. The smallest absolute Gasteiger partial charge is 0.416 e. The van der Waals surface area contributed by atoms with Crippen LogP contribution in [-0.4, -0.2) is 27.8 Å². The number of nitrogens with two attached hydrogens (primary N) is 1. The number of ether oxygens (including phenoxy) is 1. The molecule has 0 saturated carbocycles. The van der Waals surface area contributed by atoms with Crippen LogP contribution in [0.4, 0.5) is 18.9 Å². The fraction of sp³-hybridized carbons (Fsp3) is 0.250. The van der Waals surface area contributed by atoms with Crippen molar-refractivity contribution in [2.24, 2.45) is 0 Å². The van der Waals surface area contributed by atoms with Crippen molar-refractivity contribution < 1.29 is 22.7 Å². The molecule has 0 bridgehead atoms. The summed E-state index contributed by atoms with van der Waals surface area (Å²) in [5.41, 5.74) is 4.76. The van der Waals surface area contributed by atoms with Gasteiger partial charge >= 0.3 is 12.1 Å². The van der Waals surface area contributed by atoms with E-state index in [1.54, 1.807) is 6.92 Å². The van der Waals surface area contributed by atoms with Gasteiger partial charge in [-0.05, 0) is 25.1 Å². The topological polar surface area (TPSA) is 93.9 Å². The van der Waals surface area contributed by atoms with Crippen molar-refractivity contribution in [1.29, 1.82) is 0 Å². The number of alkyl halides is 3. The van der Waals surface area contributed by atoms with E-state index in [1.165, 1.54) is 0 Å². The lowest BCUT2D eigenvalue weighted by atomic mass is 10.1. The zero-order valence-electron chi connectivity index (χ0n) is 10.9. The zero-order chi connectivity index (χ0) is 15.6. The average molecular weight is 300 g/mol. The molecule has 112 valence electrons. The van der Waals surface area contributed by atoms with Crippen LogP contribution in [0, 0.1) is 0 Å². The number of aromatic nitrogens is 3. The molecule has 3 N–H and O–H groups in total. The van der Waals surface area contributed by atoms with Crippen molar-refractivity contribution in [3.8, 4) is 11.4 Å². The minimum Gasteiger partial charge on any atom is -0.460 e. The highest BCUT2D eigenvalue weighted by Crippen LogP contribution is 2.33. The number of H-pyrrole nitrogens is 1. The van der Waals surface area contributed by atoms with Crippen LogP contribution >= 0.6 is 0 Å². The molecule has 0 amide bonds. The molecule has 0 spiro atoms. The highest BCUT2D eigenvalue weighted by Gasteiger charge is 2.31. The average Bonchev–Trinajstić information content (AvgIpc) is 2.87. The first kappa shape index (κ1) is 14.8. The molecule has 0 saturated heterocycles. The Labute approximate surface area is 117 Å². The third-order valence-corrected chi connectivity index (χ3v) is 2.57. The second-order valence-corrected chi connectivity index (χ2v) is 4.03. The van der Waals surface area contributed by atoms with E-state index >= 15 is 0 Å². The SMILES string of the molecule is CCOC(=O)c1nc(-c2ccc(C(F)(F)F)cc2N)n[nH]1. The molecule has 1 heterocycles. The Morgan fingerprint density at radius 3 is 2.71 bits per heavy atom. The number of carbonyl (C=O) groups is 1. The van der Waals surface area contributed by atoms with Crippen LogP contribution in [0.2, 0.25) is 0 Å². The number of hydrogen-bond donors (Lipinski definition) is 2. The molecule has 0 atom stereocenters. The van der Waals surface area contributed by atoms with Gasteiger partial charge in [-0.1, -0.05) is 0 Å². The molecule has 0 radical (unpaired) electrons. The summed E-state index contributed by atoms with van der Waals surface area (Å²) in [7, 11) is 0. The van der Waals surface area contributed by atoms with Gasteiger partial charge in [0.15, 0.2) is 5.82 Å². The van der Waals surface area contributed by atoms with Gasteiger partial charge in [-0.15, -0.1) is 0 Å². The van der Waals surface area contributed by atoms with Gasteiger partial charge in [-0.25, -0.2) is 9.78 Å². The molecule has 9 heteroatoms. The fourth-order valence-electron chi connectivity index (χ4n) is 1.62. The molecule has 0 unspecified atom stereocenters. The molecular formula is C12H11F3N4O2. The number of nitrogen functional groups attached to an aromatic ring is 1. The normalized spacial score (nSPS) is 11.4. The van der Waals surface area contributed by atoms with Gasteiger partial charge in [0.25, 0.3) is 0 Å². The van der Waals surface area contributed by atoms with Gasteiger partial charge in [0.05, 0.1) is 12.2 Å². The van der Waals surface area contributed by atoms with Crippen molar-refractivity contribution in [3.63, 3.8) is 0 Å². The van der Waals surface area contributed by atoms with Gasteiger partial charge in [0.1, 0.15) is 0 Å². The number of hydrogen-bond acceptors (Lipinski definition) is 5. The molecule has 6 nitrogen and oxygen atoms in total. The quantitative estimate of drug-likeness (QED) is 0.669. The van der Waals surface area contributed by atoms with E-state index in [4.69, 9.17) is 10.5 Å². The Hall–Kier alpha value is -2.58. The minimum atomic E-state index is -4.48. The number of esters is 1. The van der Waals surface area contributed by atoms with E-state index in [-0.39, 0.29) is 29.5 Å². The van der Waals surface area contributed by atoms with Crippen LogP contribution in [0.15, 0.2) is 18.2 Å². The van der Waals surface area contributed by atoms with Gasteiger partial charge in [-0.2, -0.15) is 18.3 Å². The number of aromatic amines is 1. The number of halogens is 3. The van der Waals surface area contributed by atoms with Crippen molar-refractivity contribution in [2.45, 2.75) is 13.1 Å². The standard InChI is InChI=1S/C12H11F3N4O2/c1-2-21-11(20)10-17-9(18-19-10)7-4-3-6(5-8(7)16)12(13,14)15/h3-5H,2,16H2,1H3,(H,17,18,19). The molecule has 1 aromatic carbocycles. The molecular weight excluding hydrogens is 289 g/mol. The Balaban J connectivity index is 2.33. The van der Waals surface area contributed by atoms with Gasteiger partial charge in [-0.3, -0.25) is 5.10 Å². The Morgan fingerprint density at radius 1 is 1.43 bits per heavy atom. The predicted molar refractivity (Wildman–Crippen MR) is 67.2 cm³/mol. The zero-order valence-corrected chi connectivity index (χ0v) is 10.9. The third-order valence-electron chi connectivity index (χ3n) is 2.57. The Morgan fingerprint density at radius 2 is 2.14 bits per heavy atom. The van der Waals surface area contributed by atoms with Crippen LogP contribution in [0.3, 0.4) is 0 Å². The van der Waals surface area contributed by atoms with Crippen LogP contribution < -0.4 is 5.73 Å². The van der Waals surface area contributed by atoms with E-state index in [1.807, 2.05) is 0 Å². The molecule has 0 aliphatic heterocycles. The summed E-state index contributed by atoms with van der Waals surface area (Å²) in [6.45, 7) is 1.79. The fourth-order valence-corrected chi connectivity index (χ4v) is 1.62. The summed E-state index contributed by atoms with van der Waals surface area (Å²) in [6, 6.07) is 2.80. The predicted octanol–water partition coefficient (Wildman–Crippen LogP) is 2.25. The highest BCUT2D eigenvalue weighted by atomic mass is 19.4. The molecule has 2 rings (SSSR count). The minimum absolute atomic E-state index is 0.0178. The second kappa shape index (κ2) is 5.43. The Kier molecular flexibility index (Phi) is 3.83. The largest absolute Gasteiger partial charge is 0.460 e. The highest BCUT2D eigenvalue weighted by molar-refractivity contribution is 5.86. The molecule has 0 aliphatic carbocycles. The van der Waals surface area contributed by atoms with Crippen molar-refractivity contribution in [3.05, 3.63) is 29.6 Å². The van der Waals surface area contributed by atoms with Crippen LogP contribution in [0.1, 0.15) is 23.1 Å². The molecule has 1 aromatic heterocycles. The van der Waals surface area contributed by atoms with E-state index < -0.39 is 17.7 Å². The number of nitrogens with zero attached hydrogens (tertiary/aromatic N) is 2. The van der Waals surface area contributed by atoms with E-state index in [2.05, 4.69) is 15.2 Å². The van der Waals surface area contributed by atoms with Gasteiger partial charge in [0.2, 0.25) is 5.82 Å². The van der Waals surface area contributed by atoms with E-state index in [0.717, 1.165) is 18.2 Å². The van der Waals surface area contributed by atoms with Crippen LogP contribution in [0.5, 0.6) is 0 Å². The summed E-state index contributed by atoms with van der Waals surface area (Å²) >= 11 is 0. The molecule has 21 heavy (non-hydrogen) atoms. The van der Waals surface area contributed by atoms with Crippen molar-refractivity contribution >= 4 is 11.7 Å². The summed E-state index contributed by atoms with van der Waals surface area (Å²) in [5, 5.41) is 6.09. The van der Waals surface area contributed by atoms with Crippen molar-refractivity contribution in [1.82, 2.24) is 15.2 Å². The number of anilines is 1. The number of nitrogens with one attached hydrogen (secondary N) is 1. The van der Waals surface area contributed by atoms with Crippen molar-refractivity contribution in [2.75, 3.05) is 12.3 Å². The summed E-state index contributed by atoms with van der Waals surface area (Å²) < 4.78 is 42.3. The third kappa shape index (κ3) is 3.12. The molecule has 0 aliphatic rings.